The van der Waals surface area contributed by atoms with E-state index in [1.807, 2.05) is 31.2 Å². The van der Waals surface area contributed by atoms with E-state index >= 15 is 0 Å². The fourth-order valence-corrected chi connectivity index (χ4v) is 2.60. The quantitative estimate of drug-likeness (QED) is 0.614. The average molecular weight is 408 g/mol. The number of aryl methyl sites for hydroxylation is 1. The summed E-state index contributed by atoms with van der Waals surface area (Å²) in [5.74, 6) is 0.0743. The molecular weight excluding hydrogens is 392 g/mol. The third kappa shape index (κ3) is 4.98. The van der Waals surface area contributed by atoms with Crippen LogP contribution in [-0.2, 0) is 6.73 Å². The van der Waals surface area contributed by atoms with Crippen molar-refractivity contribution < 1.29 is 23.0 Å². The summed E-state index contributed by atoms with van der Waals surface area (Å²) in [5.41, 5.74) is 1.48. The smallest absolute Gasteiger partial charge is 0.387 e. The first-order chi connectivity index (χ1) is 13.4. The van der Waals surface area contributed by atoms with Gasteiger partial charge in [0.15, 0.2) is 12.4 Å². The van der Waals surface area contributed by atoms with Gasteiger partial charge in [-0.3, -0.25) is 4.79 Å². The van der Waals surface area contributed by atoms with Gasteiger partial charge in [-0.15, -0.1) is 0 Å². The first-order valence-electron chi connectivity index (χ1n) is 8.20. The molecule has 0 aliphatic heterocycles. The van der Waals surface area contributed by atoms with Gasteiger partial charge in [0.25, 0.3) is 5.91 Å². The molecule has 3 rings (SSSR count). The molecule has 0 aliphatic rings. The number of para-hydroxylation sites is 1. The SMILES string of the molecule is Cc1ccccc1OCn1ccc(C(=O)Nc2ccc(OC(F)F)c(Cl)c2)n1. The Morgan fingerprint density at radius 1 is 1.21 bits per heavy atom. The molecule has 0 bridgehead atoms. The average Bonchev–Trinajstić information content (AvgIpc) is 3.12. The Balaban J connectivity index is 1.61. The third-order valence-electron chi connectivity index (χ3n) is 3.73. The lowest BCUT2D eigenvalue weighted by molar-refractivity contribution is -0.0497. The Bertz CT molecular complexity index is 979. The van der Waals surface area contributed by atoms with Crippen molar-refractivity contribution in [2.45, 2.75) is 20.3 Å². The van der Waals surface area contributed by atoms with Gasteiger partial charge in [-0.2, -0.15) is 13.9 Å². The molecule has 1 aromatic heterocycles. The van der Waals surface area contributed by atoms with E-state index in [9.17, 15) is 13.6 Å². The zero-order chi connectivity index (χ0) is 20.1. The number of aromatic nitrogens is 2. The zero-order valence-electron chi connectivity index (χ0n) is 14.7. The van der Waals surface area contributed by atoms with E-state index in [-0.39, 0.29) is 23.2 Å². The summed E-state index contributed by atoms with van der Waals surface area (Å²) >= 11 is 5.87. The van der Waals surface area contributed by atoms with Crippen molar-refractivity contribution in [3.8, 4) is 11.5 Å². The van der Waals surface area contributed by atoms with Crippen molar-refractivity contribution in [1.82, 2.24) is 9.78 Å². The van der Waals surface area contributed by atoms with Crippen LogP contribution in [0.25, 0.3) is 0 Å². The number of carbonyl (C=O) groups is 1. The number of hydrogen-bond donors (Lipinski definition) is 1. The molecule has 0 fully saturated rings. The van der Waals surface area contributed by atoms with Crippen LogP contribution >= 0.6 is 11.6 Å². The van der Waals surface area contributed by atoms with Gasteiger partial charge in [0.1, 0.15) is 11.5 Å². The van der Waals surface area contributed by atoms with Crippen LogP contribution in [0.15, 0.2) is 54.7 Å². The van der Waals surface area contributed by atoms with Gasteiger partial charge in [-0.1, -0.05) is 29.8 Å². The fourth-order valence-electron chi connectivity index (χ4n) is 2.37. The maximum atomic E-state index is 12.3. The molecule has 0 atom stereocenters. The number of benzene rings is 2. The van der Waals surface area contributed by atoms with E-state index in [0.29, 0.717) is 5.69 Å². The largest absolute Gasteiger partial charge is 0.471 e. The van der Waals surface area contributed by atoms with Gasteiger partial charge < -0.3 is 14.8 Å². The van der Waals surface area contributed by atoms with Crippen molar-refractivity contribution in [3.63, 3.8) is 0 Å². The summed E-state index contributed by atoms with van der Waals surface area (Å²) < 4.78 is 35.9. The van der Waals surface area contributed by atoms with E-state index in [4.69, 9.17) is 16.3 Å². The minimum atomic E-state index is -2.98. The molecule has 3 aromatic rings. The van der Waals surface area contributed by atoms with Crippen molar-refractivity contribution in [2.24, 2.45) is 0 Å². The number of halogens is 3. The van der Waals surface area contributed by atoms with Crippen molar-refractivity contribution in [3.05, 3.63) is 71.0 Å². The van der Waals surface area contributed by atoms with Crippen LogP contribution < -0.4 is 14.8 Å². The lowest BCUT2D eigenvalue weighted by Gasteiger charge is -2.09. The maximum Gasteiger partial charge on any atom is 0.387 e. The molecule has 0 aliphatic carbocycles. The molecule has 0 saturated carbocycles. The molecule has 1 heterocycles. The summed E-state index contributed by atoms with van der Waals surface area (Å²) in [6.07, 6.45) is 1.61. The van der Waals surface area contributed by atoms with Crippen LogP contribution in [-0.4, -0.2) is 22.3 Å². The molecule has 146 valence electrons. The van der Waals surface area contributed by atoms with Gasteiger partial charge in [-0.05, 0) is 42.8 Å². The first-order valence-corrected chi connectivity index (χ1v) is 8.58. The van der Waals surface area contributed by atoms with E-state index < -0.39 is 12.5 Å². The number of ether oxygens (including phenoxy) is 2. The molecule has 6 nitrogen and oxygen atoms in total. The molecule has 0 spiro atoms. The fraction of sp³-hybridized carbons (Fsp3) is 0.158. The van der Waals surface area contributed by atoms with E-state index in [1.54, 1.807) is 6.20 Å². The normalized spacial score (nSPS) is 10.8. The van der Waals surface area contributed by atoms with Crippen LogP contribution in [0.3, 0.4) is 0 Å². The molecule has 9 heteroatoms. The Kier molecular flexibility index (Phi) is 6.10. The summed E-state index contributed by atoms with van der Waals surface area (Å²) in [6, 6.07) is 13.1. The molecule has 28 heavy (non-hydrogen) atoms. The number of nitrogens with zero attached hydrogens (tertiary/aromatic N) is 2. The van der Waals surface area contributed by atoms with Gasteiger partial charge in [0, 0.05) is 11.9 Å². The first kappa shape index (κ1) is 19.6. The standard InChI is InChI=1S/C19H16ClF2N3O3/c1-12-4-2-3-5-16(12)27-11-25-9-8-15(24-25)18(26)23-13-6-7-17(14(20)10-13)28-19(21)22/h2-10,19H,11H2,1H3,(H,23,26). The lowest BCUT2D eigenvalue weighted by atomic mass is 10.2. The van der Waals surface area contributed by atoms with Gasteiger partial charge >= 0.3 is 6.61 Å². The summed E-state index contributed by atoms with van der Waals surface area (Å²) in [7, 11) is 0. The topological polar surface area (TPSA) is 65.4 Å². The summed E-state index contributed by atoms with van der Waals surface area (Å²) in [5, 5.41) is 6.70. The number of nitrogens with one attached hydrogen (secondary N) is 1. The number of alkyl halides is 2. The molecule has 1 amide bonds. The molecular formula is C19H16ClF2N3O3. The van der Waals surface area contributed by atoms with Gasteiger partial charge in [-0.25, -0.2) is 4.68 Å². The van der Waals surface area contributed by atoms with Gasteiger partial charge in [0.2, 0.25) is 0 Å². The van der Waals surface area contributed by atoms with E-state index in [2.05, 4.69) is 15.2 Å². The van der Waals surface area contributed by atoms with Crippen LogP contribution in [0.2, 0.25) is 5.02 Å². The van der Waals surface area contributed by atoms with Crippen LogP contribution in [0.1, 0.15) is 16.1 Å². The zero-order valence-corrected chi connectivity index (χ0v) is 15.5. The number of hydrogen-bond acceptors (Lipinski definition) is 4. The second-order valence-corrected chi connectivity index (χ2v) is 6.16. The summed E-state index contributed by atoms with van der Waals surface area (Å²) in [6.45, 7) is -0.910. The highest BCUT2D eigenvalue weighted by Crippen LogP contribution is 2.29. The van der Waals surface area contributed by atoms with Crippen molar-refractivity contribution in [1.29, 1.82) is 0 Å². The van der Waals surface area contributed by atoms with E-state index in [1.165, 1.54) is 28.9 Å². The number of anilines is 1. The Labute approximate surface area is 164 Å². The predicted octanol–water partition coefficient (Wildman–Crippen LogP) is 4.74. The highest BCUT2D eigenvalue weighted by molar-refractivity contribution is 6.32. The maximum absolute atomic E-state index is 12.3. The Hall–Kier alpha value is -3.13. The minimum Gasteiger partial charge on any atom is -0.471 e. The third-order valence-corrected chi connectivity index (χ3v) is 4.02. The second-order valence-electron chi connectivity index (χ2n) is 5.76. The number of amides is 1. The predicted molar refractivity (Wildman–Crippen MR) is 100 cm³/mol. The Morgan fingerprint density at radius 2 is 2.00 bits per heavy atom. The van der Waals surface area contributed by atoms with Crippen LogP contribution in [0.4, 0.5) is 14.5 Å². The lowest BCUT2D eigenvalue weighted by Crippen LogP contribution is -2.14. The molecule has 2 aromatic carbocycles. The van der Waals surface area contributed by atoms with Gasteiger partial charge in [0.05, 0.1) is 5.02 Å². The molecule has 0 radical (unpaired) electrons. The molecule has 0 saturated heterocycles. The van der Waals surface area contributed by atoms with E-state index in [0.717, 1.165) is 11.3 Å². The van der Waals surface area contributed by atoms with Crippen molar-refractivity contribution in [2.75, 3.05) is 5.32 Å². The molecule has 1 N–H and O–H groups in total. The highest BCUT2D eigenvalue weighted by atomic mass is 35.5. The second kappa shape index (κ2) is 8.71. The highest BCUT2D eigenvalue weighted by Gasteiger charge is 2.13. The number of carbonyl (C=O) groups excluding carboxylic acids is 1. The molecule has 0 unspecified atom stereocenters. The number of rotatable bonds is 7. The van der Waals surface area contributed by atoms with Crippen LogP contribution in [0, 0.1) is 6.92 Å². The monoisotopic (exact) mass is 407 g/mol. The van der Waals surface area contributed by atoms with Crippen molar-refractivity contribution >= 4 is 23.2 Å². The van der Waals surface area contributed by atoms with Crippen LogP contribution in [0.5, 0.6) is 11.5 Å². The Morgan fingerprint density at radius 3 is 2.71 bits per heavy atom. The summed E-state index contributed by atoms with van der Waals surface area (Å²) in [4.78, 5) is 12.3. The minimum absolute atomic E-state index is 0.0461.